The minimum atomic E-state index is -1.40. The lowest BCUT2D eigenvalue weighted by atomic mass is 9.54. The van der Waals surface area contributed by atoms with E-state index in [0.29, 0.717) is 17.7 Å². The Hall–Kier alpha value is -2.41. The Morgan fingerprint density at radius 1 is 1.44 bits per heavy atom. The number of amides is 1. The zero-order valence-electron chi connectivity index (χ0n) is 14.8. The zero-order chi connectivity index (χ0) is 18.4. The molecule has 25 heavy (non-hydrogen) atoms. The summed E-state index contributed by atoms with van der Waals surface area (Å²) >= 11 is 0. The summed E-state index contributed by atoms with van der Waals surface area (Å²) in [6.07, 6.45) is -0.0131. The average molecular weight is 346 g/mol. The van der Waals surface area contributed by atoms with E-state index < -0.39 is 22.8 Å². The maximum absolute atomic E-state index is 12.6. The van der Waals surface area contributed by atoms with Crippen LogP contribution >= 0.6 is 0 Å². The number of hydrogen-bond donors (Lipinski definition) is 2. The van der Waals surface area contributed by atoms with Gasteiger partial charge in [0.15, 0.2) is 11.3 Å². The van der Waals surface area contributed by atoms with Crippen molar-refractivity contribution in [2.75, 3.05) is 6.61 Å². The van der Waals surface area contributed by atoms with Crippen LogP contribution in [-0.4, -0.2) is 40.2 Å². The Balaban J connectivity index is 1.87. The monoisotopic (exact) mass is 346 g/mol. The molecule has 1 amide bonds. The van der Waals surface area contributed by atoms with Crippen LogP contribution in [0, 0.1) is 12.3 Å². The molecule has 2 aromatic heterocycles. The molecular formula is C18H22N2O5. The van der Waals surface area contributed by atoms with Gasteiger partial charge in [-0.05, 0) is 26.0 Å². The first-order chi connectivity index (χ1) is 11.7. The van der Waals surface area contributed by atoms with Crippen molar-refractivity contribution in [3.8, 4) is 0 Å². The van der Waals surface area contributed by atoms with Gasteiger partial charge in [0.1, 0.15) is 11.1 Å². The number of aromatic nitrogens is 1. The molecule has 0 bridgehead atoms. The van der Waals surface area contributed by atoms with E-state index in [0.717, 1.165) is 5.69 Å². The highest BCUT2D eigenvalue weighted by molar-refractivity contribution is 5.99. The van der Waals surface area contributed by atoms with Gasteiger partial charge in [-0.15, -0.1) is 0 Å². The second-order valence-corrected chi connectivity index (χ2v) is 6.98. The number of carboxylic acid groups (broad SMARTS) is 1. The van der Waals surface area contributed by atoms with Gasteiger partial charge in [0.2, 0.25) is 0 Å². The van der Waals surface area contributed by atoms with Gasteiger partial charge in [0.05, 0.1) is 6.10 Å². The van der Waals surface area contributed by atoms with Crippen molar-refractivity contribution in [3.05, 3.63) is 29.7 Å². The number of carbonyl (C=O) groups excluding carboxylic acids is 1. The number of furan rings is 1. The zero-order valence-corrected chi connectivity index (χ0v) is 14.8. The summed E-state index contributed by atoms with van der Waals surface area (Å²) < 4.78 is 11.1. The van der Waals surface area contributed by atoms with Gasteiger partial charge in [-0.2, -0.15) is 0 Å². The molecule has 1 saturated carbocycles. The van der Waals surface area contributed by atoms with E-state index in [1.165, 1.54) is 6.07 Å². The highest BCUT2D eigenvalue weighted by atomic mass is 16.5. The predicted octanol–water partition coefficient (Wildman–Crippen LogP) is 2.52. The van der Waals surface area contributed by atoms with Crippen molar-refractivity contribution in [1.82, 2.24) is 10.3 Å². The third kappa shape index (κ3) is 2.59. The van der Waals surface area contributed by atoms with Crippen LogP contribution < -0.4 is 5.32 Å². The molecule has 0 saturated heterocycles. The number of aliphatic carboxylic acids is 1. The van der Waals surface area contributed by atoms with Crippen LogP contribution in [0.3, 0.4) is 0 Å². The van der Waals surface area contributed by atoms with Crippen LogP contribution in [0.1, 0.15) is 43.4 Å². The smallest absolute Gasteiger partial charge is 0.330 e. The Labute approximate surface area is 145 Å². The summed E-state index contributed by atoms with van der Waals surface area (Å²) in [5.41, 5.74) is -0.283. The standard InChI is InChI=1S/C18H22N2O5/c1-5-24-14-9-18(16(22)23,17(14,3)4)20-15(21)13-8-11-12(25-13)7-6-10(2)19-11/h6-8,14H,5,9H2,1-4H3,(H,20,21)(H,22,23). The van der Waals surface area contributed by atoms with Crippen LogP contribution in [0.5, 0.6) is 0 Å². The summed E-state index contributed by atoms with van der Waals surface area (Å²) in [5.74, 6) is -1.60. The second kappa shape index (κ2) is 5.84. The summed E-state index contributed by atoms with van der Waals surface area (Å²) in [5, 5.41) is 12.4. The SMILES string of the molecule is CCOC1CC(NC(=O)c2cc3nc(C)ccc3o2)(C(=O)O)C1(C)C. The first-order valence-corrected chi connectivity index (χ1v) is 8.26. The van der Waals surface area contributed by atoms with Crippen LogP contribution in [-0.2, 0) is 9.53 Å². The lowest BCUT2D eigenvalue weighted by molar-refractivity contribution is -0.190. The van der Waals surface area contributed by atoms with E-state index in [-0.39, 0.29) is 18.3 Å². The third-order valence-electron chi connectivity index (χ3n) is 5.19. The maximum Gasteiger partial charge on any atom is 0.330 e. The minimum absolute atomic E-state index is 0.0457. The largest absolute Gasteiger partial charge is 0.479 e. The Kier molecular flexibility index (Phi) is 4.07. The number of carbonyl (C=O) groups is 2. The molecule has 2 aromatic rings. The first-order valence-electron chi connectivity index (χ1n) is 8.26. The van der Waals surface area contributed by atoms with Crippen molar-refractivity contribution in [2.24, 2.45) is 5.41 Å². The topological polar surface area (TPSA) is 102 Å². The van der Waals surface area contributed by atoms with Gasteiger partial charge < -0.3 is 19.6 Å². The van der Waals surface area contributed by atoms with Gasteiger partial charge >= 0.3 is 5.97 Å². The number of carboxylic acids is 1. The Morgan fingerprint density at radius 2 is 2.16 bits per heavy atom. The molecule has 134 valence electrons. The molecule has 1 aliphatic carbocycles. The Bertz CT molecular complexity index is 841. The second-order valence-electron chi connectivity index (χ2n) is 6.98. The molecule has 1 fully saturated rings. The quantitative estimate of drug-likeness (QED) is 0.862. The van der Waals surface area contributed by atoms with Crippen LogP contribution in [0.2, 0.25) is 0 Å². The van der Waals surface area contributed by atoms with Crippen molar-refractivity contribution in [1.29, 1.82) is 0 Å². The number of ether oxygens (including phenoxy) is 1. The number of rotatable bonds is 5. The number of nitrogens with one attached hydrogen (secondary N) is 1. The average Bonchev–Trinajstić information content (AvgIpc) is 2.96. The maximum atomic E-state index is 12.6. The molecule has 2 N–H and O–H groups in total. The summed E-state index contributed by atoms with van der Waals surface area (Å²) in [7, 11) is 0. The van der Waals surface area contributed by atoms with E-state index in [2.05, 4.69) is 10.3 Å². The molecule has 0 spiro atoms. The summed E-state index contributed by atoms with van der Waals surface area (Å²) in [6.45, 7) is 7.77. The first kappa shape index (κ1) is 17.4. The molecule has 0 aromatic carbocycles. The molecule has 2 atom stereocenters. The third-order valence-corrected chi connectivity index (χ3v) is 5.19. The van der Waals surface area contributed by atoms with E-state index in [1.807, 2.05) is 13.8 Å². The lowest BCUT2D eigenvalue weighted by Gasteiger charge is -2.58. The molecular weight excluding hydrogens is 324 g/mol. The van der Waals surface area contributed by atoms with Gasteiger partial charge in [0, 0.05) is 30.2 Å². The van der Waals surface area contributed by atoms with Gasteiger partial charge in [0.25, 0.3) is 5.91 Å². The fourth-order valence-corrected chi connectivity index (χ4v) is 3.43. The van der Waals surface area contributed by atoms with Crippen LogP contribution in [0.25, 0.3) is 11.1 Å². The molecule has 0 aliphatic heterocycles. The molecule has 2 heterocycles. The minimum Gasteiger partial charge on any atom is -0.479 e. The van der Waals surface area contributed by atoms with E-state index in [9.17, 15) is 14.7 Å². The fourth-order valence-electron chi connectivity index (χ4n) is 3.43. The Morgan fingerprint density at radius 3 is 2.76 bits per heavy atom. The van der Waals surface area contributed by atoms with Gasteiger partial charge in [-0.3, -0.25) is 4.79 Å². The highest BCUT2D eigenvalue weighted by Crippen LogP contribution is 2.51. The van der Waals surface area contributed by atoms with E-state index in [4.69, 9.17) is 9.15 Å². The molecule has 2 unspecified atom stereocenters. The molecule has 0 radical (unpaired) electrons. The predicted molar refractivity (Wildman–Crippen MR) is 90.4 cm³/mol. The number of hydrogen-bond acceptors (Lipinski definition) is 5. The van der Waals surface area contributed by atoms with Gasteiger partial charge in [-0.25, -0.2) is 9.78 Å². The van der Waals surface area contributed by atoms with Crippen LogP contribution in [0.15, 0.2) is 22.6 Å². The van der Waals surface area contributed by atoms with Crippen LogP contribution in [0.4, 0.5) is 0 Å². The van der Waals surface area contributed by atoms with Crippen molar-refractivity contribution in [3.63, 3.8) is 0 Å². The van der Waals surface area contributed by atoms with Crippen molar-refractivity contribution < 1.29 is 23.8 Å². The highest BCUT2D eigenvalue weighted by Gasteiger charge is 2.66. The lowest BCUT2D eigenvalue weighted by Crippen LogP contribution is -2.76. The van der Waals surface area contributed by atoms with Crippen molar-refractivity contribution in [2.45, 2.75) is 45.8 Å². The van der Waals surface area contributed by atoms with E-state index in [1.54, 1.807) is 26.0 Å². The van der Waals surface area contributed by atoms with E-state index >= 15 is 0 Å². The molecule has 7 heteroatoms. The fraction of sp³-hybridized carbons (Fsp3) is 0.500. The summed E-state index contributed by atoms with van der Waals surface area (Å²) in [6, 6.07) is 5.05. The number of nitrogens with zero attached hydrogens (tertiary/aromatic N) is 1. The summed E-state index contributed by atoms with van der Waals surface area (Å²) in [4.78, 5) is 28.9. The number of aryl methyl sites for hydroxylation is 1. The van der Waals surface area contributed by atoms with Gasteiger partial charge in [-0.1, -0.05) is 13.8 Å². The van der Waals surface area contributed by atoms with Crippen molar-refractivity contribution >= 4 is 23.0 Å². The number of pyridine rings is 1. The number of fused-ring (bicyclic) bond motifs is 1. The normalized spacial score (nSPS) is 24.7. The molecule has 3 rings (SSSR count). The molecule has 7 nitrogen and oxygen atoms in total. The molecule has 1 aliphatic rings.